The molecule has 1 unspecified atom stereocenters. The summed E-state index contributed by atoms with van der Waals surface area (Å²) in [5, 5.41) is 3.43. The van der Waals surface area contributed by atoms with Gasteiger partial charge in [-0.15, -0.1) is 0 Å². The molecule has 1 fully saturated rings. The number of nitrogens with one attached hydrogen (secondary N) is 1. The first kappa shape index (κ1) is 12.7. The number of hydrogen-bond donors (Lipinski definition) is 1. The van der Waals surface area contributed by atoms with Crippen LogP contribution in [0.15, 0.2) is 22.8 Å². The minimum absolute atomic E-state index is 0.844. The lowest BCUT2D eigenvalue weighted by atomic mass is 10.0. The van der Waals surface area contributed by atoms with Crippen molar-refractivity contribution in [2.24, 2.45) is 5.92 Å². The van der Waals surface area contributed by atoms with Crippen LogP contribution in [-0.4, -0.2) is 31.1 Å². The molecule has 1 aliphatic heterocycles. The van der Waals surface area contributed by atoms with Crippen LogP contribution >= 0.6 is 0 Å². The molecule has 1 atom stereocenters. The lowest BCUT2D eigenvalue weighted by Crippen LogP contribution is -2.32. The Labute approximate surface area is 104 Å². The van der Waals surface area contributed by atoms with Gasteiger partial charge >= 0.3 is 0 Å². The Balaban J connectivity index is 1.58. The van der Waals surface area contributed by atoms with Crippen LogP contribution in [0, 0.1) is 5.92 Å². The van der Waals surface area contributed by atoms with Gasteiger partial charge in [-0.3, -0.25) is 0 Å². The summed E-state index contributed by atoms with van der Waals surface area (Å²) in [6.45, 7) is 7.97. The molecule has 2 rings (SSSR count). The molecule has 96 valence electrons. The van der Waals surface area contributed by atoms with Crippen molar-refractivity contribution in [3.05, 3.63) is 24.2 Å². The van der Waals surface area contributed by atoms with Gasteiger partial charge in [0, 0.05) is 13.1 Å². The van der Waals surface area contributed by atoms with Crippen LogP contribution in [0.1, 0.15) is 31.9 Å². The highest BCUT2D eigenvalue weighted by molar-refractivity contribution is 4.97. The molecule has 0 bridgehead atoms. The third-order valence-corrected chi connectivity index (χ3v) is 3.59. The summed E-state index contributed by atoms with van der Waals surface area (Å²) in [6, 6.07) is 3.95. The summed E-state index contributed by atoms with van der Waals surface area (Å²) in [5.41, 5.74) is 0. The first-order chi connectivity index (χ1) is 8.34. The molecule has 1 aromatic heterocycles. The standard InChI is InChI=1S/C14H24N2O/c1-13-4-2-8-16(9-6-13)10-7-15-12-14-5-3-11-17-14/h3,5,11,13,15H,2,4,6-10,12H2,1H3. The molecule has 0 aromatic carbocycles. The van der Waals surface area contributed by atoms with E-state index in [9.17, 15) is 0 Å². The third kappa shape index (κ3) is 4.52. The largest absolute Gasteiger partial charge is 0.468 e. The number of hydrogen-bond acceptors (Lipinski definition) is 3. The van der Waals surface area contributed by atoms with Crippen LogP contribution in [0.3, 0.4) is 0 Å². The maximum absolute atomic E-state index is 5.28. The van der Waals surface area contributed by atoms with Crippen molar-refractivity contribution >= 4 is 0 Å². The van der Waals surface area contributed by atoms with Crippen LogP contribution in [0.5, 0.6) is 0 Å². The third-order valence-electron chi connectivity index (χ3n) is 3.59. The Morgan fingerprint density at radius 2 is 2.35 bits per heavy atom. The maximum Gasteiger partial charge on any atom is 0.117 e. The average molecular weight is 236 g/mol. The van der Waals surface area contributed by atoms with Gasteiger partial charge in [0.1, 0.15) is 5.76 Å². The van der Waals surface area contributed by atoms with E-state index in [-0.39, 0.29) is 0 Å². The fourth-order valence-electron chi connectivity index (χ4n) is 2.41. The molecule has 0 amide bonds. The minimum Gasteiger partial charge on any atom is -0.468 e. The van der Waals surface area contributed by atoms with Crippen molar-refractivity contribution in [1.29, 1.82) is 0 Å². The molecule has 17 heavy (non-hydrogen) atoms. The first-order valence-corrected chi connectivity index (χ1v) is 6.80. The molecule has 1 aromatic rings. The van der Waals surface area contributed by atoms with Crippen molar-refractivity contribution in [1.82, 2.24) is 10.2 Å². The normalized spacial score (nSPS) is 22.5. The van der Waals surface area contributed by atoms with E-state index in [0.717, 1.165) is 31.3 Å². The van der Waals surface area contributed by atoms with Crippen LogP contribution < -0.4 is 5.32 Å². The van der Waals surface area contributed by atoms with Gasteiger partial charge in [0.05, 0.1) is 12.8 Å². The maximum atomic E-state index is 5.28. The Morgan fingerprint density at radius 3 is 3.18 bits per heavy atom. The molecule has 1 aliphatic rings. The molecule has 0 radical (unpaired) electrons. The van der Waals surface area contributed by atoms with E-state index < -0.39 is 0 Å². The predicted octanol–water partition coefficient (Wildman–Crippen LogP) is 2.49. The van der Waals surface area contributed by atoms with Gasteiger partial charge in [0.15, 0.2) is 0 Å². The molecule has 0 saturated carbocycles. The molecule has 1 saturated heterocycles. The second-order valence-corrected chi connectivity index (χ2v) is 5.13. The van der Waals surface area contributed by atoms with Crippen LogP contribution in [0.4, 0.5) is 0 Å². The number of rotatable bonds is 5. The quantitative estimate of drug-likeness (QED) is 0.796. The van der Waals surface area contributed by atoms with Gasteiger partial charge in [-0.25, -0.2) is 0 Å². The predicted molar refractivity (Wildman–Crippen MR) is 69.9 cm³/mol. The number of likely N-dealkylation sites (tertiary alicyclic amines) is 1. The van der Waals surface area contributed by atoms with Crippen molar-refractivity contribution in [2.75, 3.05) is 26.2 Å². The van der Waals surface area contributed by atoms with Gasteiger partial charge in [-0.1, -0.05) is 6.92 Å². The lowest BCUT2D eigenvalue weighted by Gasteiger charge is -2.19. The fourth-order valence-corrected chi connectivity index (χ4v) is 2.41. The van der Waals surface area contributed by atoms with E-state index in [2.05, 4.69) is 17.1 Å². The summed E-state index contributed by atoms with van der Waals surface area (Å²) in [6.07, 6.45) is 5.85. The van der Waals surface area contributed by atoms with Gasteiger partial charge in [0.2, 0.25) is 0 Å². The van der Waals surface area contributed by atoms with E-state index in [1.165, 1.54) is 32.4 Å². The lowest BCUT2D eigenvalue weighted by molar-refractivity contribution is 0.279. The summed E-state index contributed by atoms with van der Waals surface area (Å²) in [4.78, 5) is 2.58. The minimum atomic E-state index is 0.844. The van der Waals surface area contributed by atoms with Crippen molar-refractivity contribution in [3.8, 4) is 0 Å². The van der Waals surface area contributed by atoms with E-state index >= 15 is 0 Å². The van der Waals surface area contributed by atoms with Gasteiger partial charge < -0.3 is 14.6 Å². The fraction of sp³-hybridized carbons (Fsp3) is 0.714. The molecule has 3 heteroatoms. The molecule has 1 N–H and O–H groups in total. The monoisotopic (exact) mass is 236 g/mol. The second-order valence-electron chi connectivity index (χ2n) is 5.13. The zero-order valence-corrected chi connectivity index (χ0v) is 10.8. The summed E-state index contributed by atoms with van der Waals surface area (Å²) < 4.78 is 5.28. The molecule has 3 nitrogen and oxygen atoms in total. The van der Waals surface area contributed by atoms with E-state index in [0.29, 0.717) is 0 Å². The SMILES string of the molecule is CC1CCCN(CCNCc2ccco2)CC1. The Morgan fingerprint density at radius 1 is 1.41 bits per heavy atom. The van der Waals surface area contributed by atoms with Crippen molar-refractivity contribution < 1.29 is 4.42 Å². The van der Waals surface area contributed by atoms with Crippen molar-refractivity contribution in [3.63, 3.8) is 0 Å². The van der Waals surface area contributed by atoms with Gasteiger partial charge in [0.25, 0.3) is 0 Å². The van der Waals surface area contributed by atoms with Crippen LogP contribution in [0.25, 0.3) is 0 Å². The number of furan rings is 1. The molecule has 0 spiro atoms. The summed E-state index contributed by atoms with van der Waals surface area (Å²) in [7, 11) is 0. The smallest absolute Gasteiger partial charge is 0.117 e. The Kier molecular flexibility index (Phi) is 5.08. The first-order valence-electron chi connectivity index (χ1n) is 6.80. The molecular formula is C14H24N2O. The zero-order valence-electron chi connectivity index (χ0n) is 10.8. The average Bonchev–Trinajstić information content (AvgIpc) is 2.75. The highest BCUT2D eigenvalue weighted by atomic mass is 16.3. The van der Waals surface area contributed by atoms with Gasteiger partial charge in [-0.05, 0) is 50.4 Å². The van der Waals surface area contributed by atoms with Crippen LogP contribution in [-0.2, 0) is 6.54 Å². The van der Waals surface area contributed by atoms with Crippen LogP contribution in [0.2, 0.25) is 0 Å². The summed E-state index contributed by atoms with van der Waals surface area (Å²) in [5.74, 6) is 1.94. The Bertz CT molecular complexity index is 297. The van der Waals surface area contributed by atoms with E-state index in [1.807, 2.05) is 12.1 Å². The molecular weight excluding hydrogens is 212 g/mol. The van der Waals surface area contributed by atoms with E-state index in [4.69, 9.17) is 4.42 Å². The summed E-state index contributed by atoms with van der Waals surface area (Å²) >= 11 is 0. The topological polar surface area (TPSA) is 28.4 Å². The number of nitrogens with zero attached hydrogens (tertiary/aromatic N) is 1. The van der Waals surface area contributed by atoms with E-state index in [1.54, 1.807) is 6.26 Å². The van der Waals surface area contributed by atoms with Crippen molar-refractivity contribution in [2.45, 2.75) is 32.7 Å². The Hall–Kier alpha value is -0.800. The zero-order chi connectivity index (χ0) is 11.9. The second kappa shape index (κ2) is 6.82. The van der Waals surface area contributed by atoms with Gasteiger partial charge in [-0.2, -0.15) is 0 Å². The highest BCUT2D eigenvalue weighted by Crippen LogP contribution is 2.15. The molecule has 2 heterocycles. The highest BCUT2D eigenvalue weighted by Gasteiger charge is 2.12. The molecule has 0 aliphatic carbocycles.